The molecule has 0 bridgehead atoms. The first-order valence-electron chi connectivity index (χ1n) is 5.33. The summed E-state index contributed by atoms with van der Waals surface area (Å²) >= 11 is 0. The zero-order valence-corrected chi connectivity index (χ0v) is 8.61. The largest absolute Gasteiger partial charge is 0.0811 e. The molecular weight excluding hydrogens is 168 g/mol. The van der Waals surface area contributed by atoms with Crippen molar-refractivity contribution in [3.05, 3.63) is 54.1 Å². The lowest BCUT2D eigenvalue weighted by Crippen LogP contribution is -1.99. The van der Waals surface area contributed by atoms with E-state index in [2.05, 4.69) is 55.5 Å². The summed E-state index contributed by atoms with van der Waals surface area (Å²) in [5.74, 6) is 0.732. The maximum Gasteiger partial charge on any atom is -0.0192 e. The Hall–Kier alpha value is -1.30. The molecule has 1 aliphatic carbocycles. The summed E-state index contributed by atoms with van der Waals surface area (Å²) in [6.07, 6.45) is 9.17. The Balaban J connectivity index is 2.21. The zero-order chi connectivity index (χ0) is 9.80. The van der Waals surface area contributed by atoms with Gasteiger partial charge in [0.25, 0.3) is 0 Å². The van der Waals surface area contributed by atoms with Gasteiger partial charge in [-0.1, -0.05) is 55.5 Å². The van der Waals surface area contributed by atoms with E-state index in [1.807, 2.05) is 0 Å². The SMILES string of the molecule is CCC1C=CC=C(c2ccccc2)C1. The minimum absolute atomic E-state index is 0.732. The second-order valence-electron chi connectivity index (χ2n) is 3.82. The molecule has 0 spiro atoms. The lowest BCUT2D eigenvalue weighted by atomic mass is 9.89. The summed E-state index contributed by atoms with van der Waals surface area (Å²) in [7, 11) is 0. The summed E-state index contributed by atoms with van der Waals surface area (Å²) in [6.45, 7) is 2.25. The third-order valence-corrected chi connectivity index (χ3v) is 2.83. The van der Waals surface area contributed by atoms with Crippen LogP contribution in [0, 0.1) is 5.92 Å². The maximum atomic E-state index is 2.31. The number of rotatable bonds is 2. The molecule has 1 atom stereocenters. The first kappa shape index (κ1) is 9.26. The number of benzene rings is 1. The molecule has 14 heavy (non-hydrogen) atoms. The Morgan fingerprint density at radius 2 is 2.00 bits per heavy atom. The van der Waals surface area contributed by atoms with Gasteiger partial charge in [-0.3, -0.25) is 0 Å². The average Bonchev–Trinajstić information content (AvgIpc) is 2.30. The smallest absolute Gasteiger partial charge is 0.0192 e. The third-order valence-electron chi connectivity index (χ3n) is 2.83. The van der Waals surface area contributed by atoms with Gasteiger partial charge in [0.15, 0.2) is 0 Å². The highest BCUT2D eigenvalue weighted by Gasteiger charge is 2.10. The standard InChI is InChI=1S/C14H16/c1-2-12-7-6-10-14(11-12)13-8-4-3-5-9-13/h3-10,12H,2,11H2,1H3. The van der Waals surface area contributed by atoms with Gasteiger partial charge in [0.05, 0.1) is 0 Å². The molecule has 2 rings (SSSR count). The van der Waals surface area contributed by atoms with Crippen LogP contribution in [-0.2, 0) is 0 Å². The quantitative estimate of drug-likeness (QED) is 0.650. The molecule has 0 aromatic heterocycles. The van der Waals surface area contributed by atoms with Crippen molar-refractivity contribution >= 4 is 5.57 Å². The monoisotopic (exact) mass is 184 g/mol. The predicted molar refractivity (Wildman–Crippen MR) is 62.0 cm³/mol. The molecule has 0 saturated heterocycles. The van der Waals surface area contributed by atoms with E-state index in [0.717, 1.165) is 5.92 Å². The van der Waals surface area contributed by atoms with E-state index >= 15 is 0 Å². The van der Waals surface area contributed by atoms with E-state index in [9.17, 15) is 0 Å². The summed E-state index contributed by atoms with van der Waals surface area (Å²) in [5.41, 5.74) is 2.84. The lowest BCUT2D eigenvalue weighted by Gasteiger charge is -2.16. The van der Waals surface area contributed by atoms with Crippen LogP contribution < -0.4 is 0 Å². The maximum absolute atomic E-state index is 2.31. The predicted octanol–water partition coefficient (Wildman–Crippen LogP) is 4.06. The summed E-state index contributed by atoms with van der Waals surface area (Å²) in [6, 6.07) is 10.7. The van der Waals surface area contributed by atoms with Crippen molar-refractivity contribution in [1.29, 1.82) is 0 Å². The lowest BCUT2D eigenvalue weighted by molar-refractivity contribution is 0.642. The van der Waals surface area contributed by atoms with E-state index in [4.69, 9.17) is 0 Å². The van der Waals surface area contributed by atoms with Gasteiger partial charge in [0.2, 0.25) is 0 Å². The Kier molecular flexibility index (Phi) is 2.83. The molecule has 1 unspecified atom stereocenters. The van der Waals surface area contributed by atoms with Crippen LogP contribution in [-0.4, -0.2) is 0 Å². The molecule has 1 aromatic rings. The molecule has 0 aliphatic heterocycles. The van der Waals surface area contributed by atoms with Crippen molar-refractivity contribution in [2.45, 2.75) is 19.8 Å². The van der Waals surface area contributed by atoms with Crippen LogP contribution in [0.1, 0.15) is 25.3 Å². The first-order valence-corrected chi connectivity index (χ1v) is 5.33. The van der Waals surface area contributed by atoms with Gasteiger partial charge < -0.3 is 0 Å². The van der Waals surface area contributed by atoms with Crippen LogP contribution in [0.3, 0.4) is 0 Å². The fourth-order valence-corrected chi connectivity index (χ4v) is 1.89. The molecule has 0 N–H and O–H groups in total. The van der Waals surface area contributed by atoms with Crippen molar-refractivity contribution < 1.29 is 0 Å². The first-order chi connectivity index (χ1) is 6.90. The van der Waals surface area contributed by atoms with Crippen molar-refractivity contribution in [2.24, 2.45) is 5.92 Å². The van der Waals surface area contributed by atoms with Crippen LogP contribution in [0.25, 0.3) is 5.57 Å². The Morgan fingerprint density at radius 3 is 2.71 bits per heavy atom. The second-order valence-corrected chi connectivity index (χ2v) is 3.82. The fraction of sp³-hybridized carbons (Fsp3) is 0.286. The highest BCUT2D eigenvalue weighted by Crippen LogP contribution is 2.28. The van der Waals surface area contributed by atoms with Crippen molar-refractivity contribution in [3.8, 4) is 0 Å². The second kappa shape index (κ2) is 4.28. The van der Waals surface area contributed by atoms with Gasteiger partial charge in [-0.05, 0) is 29.9 Å². The summed E-state index contributed by atoms with van der Waals surface area (Å²) in [5, 5.41) is 0. The van der Waals surface area contributed by atoms with Gasteiger partial charge in [0, 0.05) is 0 Å². The molecule has 1 aromatic carbocycles. The molecule has 0 saturated carbocycles. The molecule has 0 nitrogen and oxygen atoms in total. The third kappa shape index (κ3) is 1.95. The van der Waals surface area contributed by atoms with Crippen LogP contribution in [0.15, 0.2) is 48.6 Å². The highest BCUT2D eigenvalue weighted by molar-refractivity contribution is 5.68. The molecule has 72 valence electrons. The molecule has 0 fully saturated rings. The van der Waals surface area contributed by atoms with Gasteiger partial charge in [-0.25, -0.2) is 0 Å². The Labute approximate surface area is 86.0 Å². The van der Waals surface area contributed by atoms with E-state index in [0.29, 0.717) is 0 Å². The van der Waals surface area contributed by atoms with E-state index < -0.39 is 0 Å². The Morgan fingerprint density at radius 1 is 1.21 bits per heavy atom. The molecule has 0 heteroatoms. The Bertz CT molecular complexity index is 344. The van der Waals surface area contributed by atoms with E-state index in [1.165, 1.54) is 24.0 Å². The number of allylic oxidation sites excluding steroid dienone is 4. The minimum atomic E-state index is 0.732. The van der Waals surface area contributed by atoms with Gasteiger partial charge in [-0.15, -0.1) is 0 Å². The van der Waals surface area contributed by atoms with Gasteiger partial charge >= 0.3 is 0 Å². The van der Waals surface area contributed by atoms with Crippen molar-refractivity contribution in [3.63, 3.8) is 0 Å². The number of hydrogen-bond donors (Lipinski definition) is 0. The number of hydrogen-bond acceptors (Lipinski definition) is 0. The normalized spacial score (nSPS) is 20.6. The van der Waals surface area contributed by atoms with E-state index in [1.54, 1.807) is 0 Å². The average molecular weight is 184 g/mol. The van der Waals surface area contributed by atoms with E-state index in [-0.39, 0.29) is 0 Å². The van der Waals surface area contributed by atoms with Crippen LogP contribution >= 0.6 is 0 Å². The molecule has 1 aliphatic rings. The van der Waals surface area contributed by atoms with Crippen LogP contribution in [0.2, 0.25) is 0 Å². The summed E-state index contributed by atoms with van der Waals surface area (Å²) in [4.78, 5) is 0. The van der Waals surface area contributed by atoms with Crippen LogP contribution in [0.5, 0.6) is 0 Å². The van der Waals surface area contributed by atoms with Gasteiger partial charge in [0.1, 0.15) is 0 Å². The zero-order valence-electron chi connectivity index (χ0n) is 8.61. The minimum Gasteiger partial charge on any atom is -0.0811 e. The topological polar surface area (TPSA) is 0 Å². The molecule has 0 radical (unpaired) electrons. The van der Waals surface area contributed by atoms with Crippen molar-refractivity contribution in [2.75, 3.05) is 0 Å². The summed E-state index contributed by atoms with van der Waals surface area (Å²) < 4.78 is 0. The molecular formula is C14H16. The molecule has 0 amide bonds. The van der Waals surface area contributed by atoms with Crippen molar-refractivity contribution in [1.82, 2.24) is 0 Å². The molecule has 0 heterocycles. The highest BCUT2D eigenvalue weighted by atomic mass is 14.1. The van der Waals surface area contributed by atoms with Gasteiger partial charge in [-0.2, -0.15) is 0 Å². The fourth-order valence-electron chi connectivity index (χ4n) is 1.89. The van der Waals surface area contributed by atoms with Crippen LogP contribution in [0.4, 0.5) is 0 Å².